The van der Waals surface area contributed by atoms with Crippen LogP contribution in [0.5, 0.6) is 5.75 Å². The van der Waals surface area contributed by atoms with Crippen LogP contribution in [0.15, 0.2) is 42.5 Å². The van der Waals surface area contributed by atoms with Crippen LogP contribution in [0, 0.1) is 0 Å². The van der Waals surface area contributed by atoms with Gasteiger partial charge in [0, 0.05) is 5.02 Å². The van der Waals surface area contributed by atoms with E-state index in [4.69, 9.17) is 22.1 Å². The molecule has 0 aliphatic carbocycles. The van der Waals surface area contributed by atoms with Gasteiger partial charge in [-0.15, -0.1) is 11.3 Å². The molecule has 1 aromatic heterocycles. The fourth-order valence-corrected chi connectivity index (χ4v) is 2.92. The number of halogens is 1. The van der Waals surface area contributed by atoms with Gasteiger partial charge in [0.25, 0.3) is 0 Å². The first-order valence-corrected chi connectivity index (χ1v) is 6.94. The van der Waals surface area contributed by atoms with Crippen LogP contribution in [0.25, 0.3) is 10.2 Å². The summed E-state index contributed by atoms with van der Waals surface area (Å²) in [5.41, 5.74) is 7.39. The monoisotopic (exact) mass is 290 g/mol. The van der Waals surface area contributed by atoms with Crippen molar-refractivity contribution < 1.29 is 4.74 Å². The molecule has 0 amide bonds. The van der Waals surface area contributed by atoms with E-state index in [-0.39, 0.29) is 0 Å². The molecule has 2 aromatic carbocycles. The van der Waals surface area contributed by atoms with Gasteiger partial charge in [0.05, 0.1) is 15.9 Å². The van der Waals surface area contributed by atoms with E-state index in [0.717, 1.165) is 20.2 Å². The van der Waals surface area contributed by atoms with Crippen LogP contribution in [-0.4, -0.2) is 4.98 Å². The van der Waals surface area contributed by atoms with E-state index >= 15 is 0 Å². The number of nitrogens with zero attached hydrogens (tertiary/aromatic N) is 1. The summed E-state index contributed by atoms with van der Waals surface area (Å²) in [7, 11) is 0. The van der Waals surface area contributed by atoms with Gasteiger partial charge in [-0.3, -0.25) is 0 Å². The topological polar surface area (TPSA) is 48.1 Å². The van der Waals surface area contributed by atoms with Crippen molar-refractivity contribution in [3.63, 3.8) is 0 Å². The highest BCUT2D eigenvalue weighted by molar-refractivity contribution is 7.18. The van der Waals surface area contributed by atoms with E-state index in [9.17, 15) is 0 Å². The number of nitrogens with two attached hydrogens (primary N) is 1. The first-order valence-electron chi connectivity index (χ1n) is 5.74. The van der Waals surface area contributed by atoms with Gasteiger partial charge in [-0.2, -0.15) is 0 Å². The van der Waals surface area contributed by atoms with Gasteiger partial charge in [0.1, 0.15) is 17.4 Å². The van der Waals surface area contributed by atoms with Crippen molar-refractivity contribution in [2.45, 2.75) is 6.61 Å². The fourth-order valence-electron chi connectivity index (χ4n) is 1.76. The summed E-state index contributed by atoms with van der Waals surface area (Å²) in [6, 6.07) is 13.1. The standard InChI is InChI=1S/C14H11ClN2OS/c15-9-5-6-11-13(7-9)19-14(17-11)8-18-12-4-2-1-3-10(12)16/h1-7H,8,16H2. The number of anilines is 1. The van der Waals surface area contributed by atoms with Crippen LogP contribution in [0.4, 0.5) is 5.69 Å². The van der Waals surface area contributed by atoms with E-state index in [1.807, 2.05) is 42.5 Å². The summed E-state index contributed by atoms with van der Waals surface area (Å²) in [5, 5.41) is 1.62. The SMILES string of the molecule is Nc1ccccc1OCc1nc2ccc(Cl)cc2s1. The van der Waals surface area contributed by atoms with E-state index in [2.05, 4.69) is 4.98 Å². The second kappa shape index (κ2) is 5.07. The lowest BCUT2D eigenvalue weighted by Crippen LogP contribution is -1.97. The lowest BCUT2D eigenvalue weighted by atomic mass is 10.3. The second-order valence-corrected chi connectivity index (χ2v) is 5.60. The Balaban J connectivity index is 1.80. The van der Waals surface area contributed by atoms with Crippen molar-refractivity contribution in [1.29, 1.82) is 0 Å². The molecule has 0 saturated carbocycles. The predicted octanol–water partition coefficient (Wildman–Crippen LogP) is 4.11. The maximum atomic E-state index is 5.95. The number of ether oxygens (including phenoxy) is 1. The van der Waals surface area contributed by atoms with E-state index in [1.54, 1.807) is 11.3 Å². The number of benzene rings is 2. The molecule has 0 bridgehead atoms. The number of nitrogen functional groups attached to an aromatic ring is 1. The van der Waals surface area contributed by atoms with Crippen LogP contribution >= 0.6 is 22.9 Å². The quantitative estimate of drug-likeness (QED) is 0.738. The van der Waals surface area contributed by atoms with E-state index in [1.165, 1.54) is 0 Å². The van der Waals surface area contributed by atoms with Gasteiger partial charge in [0.2, 0.25) is 0 Å². The summed E-state index contributed by atoms with van der Waals surface area (Å²) >= 11 is 7.53. The molecule has 3 rings (SSSR count). The molecule has 0 radical (unpaired) electrons. The Morgan fingerprint density at radius 1 is 1.21 bits per heavy atom. The highest BCUT2D eigenvalue weighted by atomic mass is 35.5. The number of aromatic nitrogens is 1. The Bertz CT molecular complexity index is 726. The summed E-state index contributed by atoms with van der Waals surface area (Å²) < 4.78 is 6.73. The van der Waals surface area contributed by atoms with Gasteiger partial charge in [-0.1, -0.05) is 23.7 Å². The Labute approximate surface area is 119 Å². The van der Waals surface area contributed by atoms with Gasteiger partial charge in [-0.25, -0.2) is 4.98 Å². The third kappa shape index (κ3) is 2.64. The zero-order valence-electron chi connectivity index (χ0n) is 9.97. The van der Waals surface area contributed by atoms with Crippen LogP contribution in [-0.2, 0) is 6.61 Å². The number of rotatable bonds is 3. The highest BCUT2D eigenvalue weighted by Gasteiger charge is 2.06. The normalized spacial score (nSPS) is 10.8. The minimum Gasteiger partial charge on any atom is -0.484 e. The maximum absolute atomic E-state index is 5.95. The second-order valence-electron chi connectivity index (χ2n) is 4.05. The van der Waals surface area contributed by atoms with Crippen molar-refractivity contribution in [2.24, 2.45) is 0 Å². The number of thiazole rings is 1. The molecule has 0 saturated heterocycles. The van der Waals surface area contributed by atoms with Crippen molar-refractivity contribution in [1.82, 2.24) is 4.98 Å². The van der Waals surface area contributed by atoms with E-state index < -0.39 is 0 Å². The molecule has 0 aliphatic rings. The van der Waals surface area contributed by atoms with Crippen molar-refractivity contribution in [2.75, 3.05) is 5.73 Å². The van der Waals surface area contributed by atoms with Gasteiger partial charge in [-0.05, 0) is 30.3 Å². The van der Waals surface area contributed by atoms with Crippen LogP contribution in [0.3, 0.4) is 0 Å². The lowest BCUT2D eigenvalue weighted by molar-refractivity contribution is 0.307. The number of hydrogen-bond donors (Lipinski definition) is 1. The largest absolute Gasteiger partial charge is 0.484 e. The molecule has 0 spiro atoms. The Hall–Kier alpha value is -1.78. The average molecular weight is 291 g/mol. The van der Waals surface area contributed by atoms with Crippen LogP contribution < -0.4 is 10.5 Å². The van der Waals surface area contributed by atoms with Crippen molar-refractivity contribution >= 4 is 38.8 Å². The average Bonchev–Trinajstić information content (AvgIpc) is 2.79. The summed E-state index contributed by atoms with van der Waals surface area (Å²) in [5.74, 6) is 0.680. The molecular formula is C14H11ClN2OS. The minimum absolute atomic E-state index is 0.408. The molecule has 0 fully saturated rings. The molecule has 19 heavy (non-hydrogen) atoms. The van der Waals surface area contributed by atoms with E-state index in [0.29, 0.717) is 18.0 Å². The lowest BCUT2D eigenvalue weighted by Gasteiger charge is -2.06. The minimum atomic E-state index is 0.408. The Kier molecular flexibility index (Phi) is 3.27. The summed E-state index contributed by atoms with van der Waals surface area (Å²) in [6.07, 6.45) is 0. The smallest absolute Gasteiger partial charge is 0.142 e. The molecule has 2 N–H and O–H groups in total. The van der Waals surface area contributed by atoms with Crippen molar-refractivity contribution in [3.05, 3.63) is 52.5 Å². The first-order chi connectivity index (χ1) is 9.22. The first kappa shape index (κ1) is 12.3. The van der Waals surface area contributed by atoms with Gasteiger partial charge >= 0.3 is 0 Å². The molecule has 1 heterocycles. The van der Waals surface area contributed by atoms with Gasteiger partial charge in [0.15, 0.2) is 0 Å². The Morgan fingerprint density at radius 3 is 2.89 bits per heavy atom. The molecule has 0 unspecified atom stereocenters. The predicted molar refractivity (Wildman–Crippen MR) is 79.8 cm³/mol. The molecule has 3 nitrogen and oxygen atoms in total. The zero-order valence-corrected chi connectivity index (χ0v) is 11.5. The highest BCUT2D eigenvalue weighted by Crippen LogP contribution is 2.27. The molecule has 5 heteroatoms. The third-order valence-corrected chi connectivity index (χ3v) is 3.89. The van der Waals surface area contributed by atoms with Crippen molar-refractivity contribution in [3.8, 4) is 5.75 Å². The molecule has 3 aromatic rings. The number of fused-ring (bicyclic) bond motifs is 1. The summed E-state index contributed by atoms with van der Waals surface area (Å²) in [6.45, 7) is 0.408. The molecule has 0 atom stereocenters. The molecule has 0 aliphatic heterocycles. The zero-order chi connectivity index (χ0) is 13.2. The number of hydrogen-bond acceptors (Lipinski definition) is 4. The maximum Gasteiger partial charge on any atom is 0.142 e. The van der Waals surface area contributed by atoms with Crippen LogP contribution in [0.2, 0.25) is 5.02 Å². The molecular weight excluding hydrogens is 280 g/mol. The fraction of sp³-hybridized carbons (Fsp3) is 0.0714. The van der Waals surface area contributed by atoms with Crippen LogP contribution in [0.1, 0.15) is 5.01 Å². The Morgan fingerprint density at radius 2 is 2.05 bits per heavy atom. The third-order valence-electron chi connectivity index (χ3n) is 2.66. The number of para-hydroxylation sites is 2. The summed E-state index contributed by atoms with van der Waals surface area (Å²) in [4.78, 5) is 4.49. The van der Waals surface area contributed by atoms with Gasteiger partial charge < -0.3 is 10.5 Å². The molecule has 96 valence electrons.